The zero-order valence-electron chi connectivity index (χ0n) is 14.4. The lowest BCUT2D eigenvalue weighted by atomic mass is 10.1. The van der Waals surface area contributed by atoms with E-state index in [2.05, 4.69) is 9.44 Å². The van der Waals surface area contributed by atoms with Crippen LogP contribution in [0.25, 0.3) is 0 Å². The van der Waals surface area contributed by atoms with E-state index in [1.54, 1.807) is 26.2 Å². The Labute approximate surface area is 149 Å². The summed E-state index contributed by atoms with van der Waals surface area (Å²) in [5, 5.41) is 0. The average Bonchev–Trinajstić information content (AvgIpc) is 2.59. The van der Waals surface area contributed by atoms with Crippen LogP contribution >= 0.6 is 0 Å². The van der Waals surface area contributed by atoms with Crippen LogP contribution in [0.15, 0.2) is 54.6 Å². The molecule has 0 atom stereocenters. The molecule has 0 aliphatic carbocycles. The molecule has 2 aromatic carbocycles. The first-order valence-corrected chi connectivity index (χ1v) is 9.45. The summed E-state index contributed by atoms with van der Waals surface area (Å²) in [6, 6.07) is 16.4. The number of anilines is 1. The molecule has 0 fully saturated rings. The third-order valence-corrected chi connectivity index (χ3v) is 4.69. The number of para-hydroxylation sites is 1. The Hall–Kier alpha value is -2.38. The standard InChI is InChI=1S/C18H23N3O3S/c1-21(2)18(22)13-12-16-10-6-7-11-17(16)20-25(23,24)19-14-15-8-4-3-5-9-15/h3-11,19-20H,12-14H2,1-2H3. The molecule has 0 saturated carbocycles. The molecule has 0 bridgehead atoms. The van der Waals surface area contributed by atoms with Crippen LogP contribution in [-0.2, 0) is 28.0 Å². The van der Waals surface area contributed by atoms with Crippen molar-refractivity contribution in [2.24, 2.45) is 0 Å². The predicted octanol–water partition coefficient (Wildman–Crippen LogP) is 2.15. The minimum atomic E-state index is -3.71. The van der Waals surface area contributed by atoms with E-state index in [0.29, 0.717) is 18.5 Å². The fourth-order valence-electron chi connectivity index (χ4n) is 2.26. The van der Waals surface area contributed by atoms with E-state index in [4.69, 9.17) is 0 Å². The molecule has 0 unspecified atom stereocenters. The molecule has 2 N–H and O–H groups in total. The fraction of sp³-hybridized carbons (Fsp3) is 0.278. The summed E-state index contributed by atoms with van der Waals surface area (Å²) in [7, 11) is -0.308. The molecule has 134 valence electrons. The highest BCUT2D eigenvalue weighted by Crippen LogP contribution is 2.18. The first-order chi connectivity index (χ1) is 11.9. The first kappa shape index (κ1) is 19.0. The van der Waals surface area contributed by atoms with Gasteiger partial charge in [0.1, 0.15) is 0 Å². The summed E-state index contributed by atoms with van der Waals surface area (Å²) in [6.45, 7) is 0.206. The normalized spacial score (nSPS) is 11.1. The number of nitrogens with one attached hydrogen (secondary N) is 2. The largest absolute Gasteiger partial charge is 0.349 e. The number of hydrogen-bond acceptors (Lipinski definition) is 3. The van der Waals surface area contributed by atoms with Crippen LogP contribution in [0.4, 0.5) is 5.69 Å². The molecule has 6 nitrogen and oxygen atoms in total. The zero-order chi connectivity index (χ0) is 18.3. The number of benzene rings is 2. The van der Waals surface area contributed by atoms with Gasteiger partial charge in [0.2, 0.25) is 5.91 Å². The lowest BCUT2D eigenvalue weighted by molar-refractivity contribution is -0.128. The van der Waals surface area contributed by atoms with E-state index in [-0.39, 0.29) is 12.5 Å². The van der Waals surface area contributed by atoms with Gasteiger partial charge in [0.15, 0.2) is 0 Å². The molecule has 0 heterocycles. The lowest BCUT2D eigenvalue weighted by Crippen LogP contribution is -2.30. The van der Waals surface area contributed by atoms with E-state index in [9.17, 15) is 13.2 Å². The third kappa shape index (κ3) is 6.21. The van der Waals surface area contributed by atoms with E-state index in [1.165, 1.54) is 4.90 Å². The fourth-order valence-corrected chi connectivity index (χ4v) is 3.18. The lowest BCUT2D eigenvalue weighted by Gasteiger charge is -2.14. The predicted molar refractivity (Wildman–Crippen MR) is 99.3 cm³/mol. The van der Waals surface area contributed by atoms with Crippen molar-refractivity contribution >= 4 is 21.8 Å². The molecule has 7 heteroatoms. The van der Waals surface area contributed by atoms with Crippen LogP contribution in [-0.4, -0.2) is 33.3 Å². The van der Waals surface area contributed by atoms with Crippen LogP contribution in [0.2, 0.25) is 0 Å². The summed E-state index contributed by atoms with van der Waals surface area (Å²) >= 11 is 0. The second-order valence-corrected chi connectivity index (χ2v) is 7.36. The van der Waals surface area contributed by atoms with Gasteiger partial charge in [-0.1, -0.05) is 48.5 Å². The van der Waals surface area contributed by atoms with Crippen LogP contribution in [0, 0.1) is 0 Å². The molecule has 0 spiro atoms. The Kier molecular flexibility index (Phi) is 6.55. The van der Waals surface area contributed by atoms with Crippen molar-refractivity contribution in [3.63, 3.8) is 0 Å². The van der Waals surface area contributed by atoms with Crippen molar-refractivity contribution < 1.29 is 13.2 Å². The minimum Gasteiger partial charge on any atom is -0.349 e. The Morgan fingerprint density at radius 2 is 1.64 bits per heavy atom. The van der Waals surface area contributed by atoms with E-state index < -0.39 is 10.2 Å². The van der Waals surface area contributed by atoms with Gasteiger partial charge in [0, 0.05) is 27.1 Å². The Morgan fingerprint density at radius 3 is 2.32 bits per heavy atom. The van der Waals surface area contributed by atoms with Crippen molar-refractivity contribution in [1.82, 2.24) is 9.62 Å². The maximum absolute atomic E-state index is 12.3. The number of rotatable bonds is 8. The highest BCUT2D eigenvalue weighted by atomic mass is 32.2. The van der Waals surface area contributed by atoms with Gasteiger partial charge in [-0.05, 0) is 23.6 Å². The molecular weight excluding hydrogens is 338 g/mol. The van der Waals surface area contributed by atoms with Crippen LogP contribution in [0.1, 0.15) is 17.5 Å². The van der Waals surface area contributed by atoms with Gasteiger partial charge in [-0.2, -0.15) is 13.1 Å². The second-order valence-electron chi connectivity index (χ2n) is 5.86. The molecule has 2 rings (SSSR count). The summed E-state index contributed by atoms with van der Waals surface area (Å²) < 4.78 is 29.6. The SMILES string of the molecule is CN(C)C(=O)CCc1ccccc1NS(=O)(=O)NCc1ccccc1. The smallest absolute Gasteiger partial charge is 0.299 e. The highest BCUT2D eigenvalue weighted by molar-refractivity contribution is 7.90. The Morgan fingerprint density at radius 1 is 1.00 bits per heavy atom. The van der Waals surface area contributed by atoms with Crippen LogP contribution < -0.4 is 9.44 Å². The Bertz CT molecular complexity index is 805. The van der Waals surface area contributed by atoms with Gasteiger partial charge >= 0.3 is 0 Å². The van der Waals surface area contributed by atoms with Gasteiger partial charge in [-0.25, -0.2) is 0 Å². The number of aryl methyl sites for hydroxylation is 1. The van der Waals surface area contributed by atoms with Crippen molar-refractivity contribution in [1.29, 1.82) is 0 Å². The van der Waals surface area contributed by atoms with Gasteiger partial charge in [0.05, 0.1) is 5.69 Å². The van der Waals surface area contributed by atoms with Crippen LogP contribution in [0.5, 0.6) is 0 Å². The zero-order valence-corrected chi connectivity index (χ0v) is 15.2. The van der Waals surface area contributed by atoms with Gasteiger partial charge in [-0.3, -0.25) is 9.52 Å². The molecule has 0 aromatic heterocycles. The molecule has 25 heavy (non-hydrogen) atoms. The Balaban J connectivity index is 2.02. The van der Waals surface area contributed by atoms with Gasteiger partial charge in [-0.15, -0.1) is 0 Å². The van der Waals surface area contributed by atoms with Crippen molar-refractivity contribution in [2.75, 3.05) is 18.8 Å². The summed E-state index contributed by atoms with van der Waals surface area (Å²) in [6.07, 6.45) is 0.789. The van der Waals surface area contributed by atoms with Crippen LogP contribution in [0.3, 0.4) is 0 Å². The van der Waals surface area contributed by atoms with Gasteiger partial charge < -0.3 is 4.90 Å². The molecule has 0 saturated heterocycles. The number of carbonyl (C=O) groups excluding carboxylic acids is 1. The molecular formula is C18H23N3O3S. The van der Waals surface area contributed by atoms with E-state index in [1.807, 2.05) is 42.5 Å². The quantitative estimate of drug-likeness (QED) is 0.756. The molecule has 1 amide bonds. The molecule has 0 aliphatic rings. The maximum atomic E-state index is 12.3. The summed E-state index contributed by atoms with van der Waals surface area (Å²) in [5.41, 5.74) is 2.13. The number of nitrogens with zero attached hydrogens (tertiary/aromatic N) is 1. The van der Waals surface area contributed by atoms with Crippen molar-refractivity contribution in [3.8, 4) is 0 Å². The van der Waals surface area contributed by atoms with E-state index in [0.717, 1.165) is 11.1 Å². The highest BCUT2D eigenvalue weighted by Gasteiger charge is 2.13. The third-order valence-electron chi connectivity index (χ3n) is 3.68. The summed E-state index contributed by atoms with van der Waals surface area (Å²) in [4.78, 5) is 13.3. The second kappa shape index (κ2) is 8.64. The molecule has 2 aromatic rings. The summed E-state index contributed by atoms with van der Waals surface area (Å²) in [5.74, 6) is -0.000127. The minimum absolute atomic E-state index is 0.000127. The number of carbonyl (C=O) groups is 1. The van der Waals surface area contributed by atoms with Crippen molar-refractivity contribution in [2.45, 2.75) is 19.4 Å². The van der Waals surface area contributed by atoms with Crippen molar-refractivity contribution in [3.05, 3.63) is 65.7 Å². The topological polar surface area (TPSA) is 78.5 Å². The van der Waals surface area contributed by atoms with Gasteiger partial charge in [0.25, 0.3) is 10.2 Å². The maximum Gasteiger partial charge on any atom is 0.299 e. The number of hydrogen-bond donors (Lipinski definition) is 2. The molecule has 0 radical (unpaired) electrons. The first-order valence-electron chi connectivity index (χ1n) is 7.97. The monoisotopic (exact) mass is 361 g/mol. The van der Waals surface area contributed by atoms with E-state index >= 15 is 0 Å². The molecule has 0 aliphatic heterocycles. The number of amides is 1. The average molecular weight is 361 g/mol.